The van der Waals surface area contributed by atoms with Crippen molar-refractivity contribution in [2.24, 2.45) is 0 Å². The van der Waals surface area contributed by atoms with Crippen molar-refractivity contribution < 1.29 is 4.74 Å². The van der Waals surface area contributed by atoms with Crippen molar-refractivity contribution in [3.63, 3.8) is 0 Å². The Morgan fingerprint density at radius 3 is 2.80 bits per heavy atom. The summed E-state index contributed by atoms with van der Waals surface area (Å²) in [5.74, 6) is 0.963. The number of hydrogen-bond donors (Lipinski definition) is 1. The van der Waals surface area contributed by atoms with Crippen LogP contribution in [-0.2, 0) is 4.74 Å². The van der Waals surface area contributed by atoms with Crippen LogP contribution in [-0.4, -0.2) is 31.3 Å². The van der Waals surface area contributed by atoms with E-state index in [1.807, 2.05) is 6.92 Å². The van der Waals surface area contributed by atoms with Crippen molar-refractivity contribution in [2.75, 3.05) is 36.9 Å². The number of hydrogen-bond acceptors (Lipinski definition) is 4. The van der Waals surface area contributed by atoms with Gasteiger partial charge in [-0.1, -0.05) is 0 Å². The minimum absolute atomic E-state index is 0.721. The Bertz CT molecular complexity index is 364. The van der Waals surface area contributed by atoms with Gasteiger partial charge in [-0.25, -0.2) is 4.98 Å². The molecule has 0 unspecified atom stereocenters. The van der Waals surface area contributed by atoms with Crippen LogP contribution >= 0.6 is 15.9 Å². The monoisotopic (exact) mass is 271 g/mol. The fraction of sp³-hybridized carbons (Fsp3) is 0.500. The molecule has 1 aromatic rings. The molecule has 0 saturated carbocycles. The first kappa shape index (κ1) is 10.7. The van der Waals surface area contributed by atoms with E-state index in [9.17, 15) is 0 Å². The van der Waals surface area contributed by atoms with Crippen LogP contribution in [0.3, 0.4) is 0 Å². The number of morpholine rings is 1. The summed E-state index contributed by atoms with van der Waals surface area (Å²) >= 11 is 3.54. The Kier molecular flexibility index (Phi) is 3.11. The van der Waals surface area contributed by atoms with E-state index in [-0.39, 0.29) is 0 Å². The highest BCUT2D eigenvalue weighted by Gasteiger charge is 2.16. The number of nitrogens with zero attached hydrogens (tertiary/aromatic N) is 2. The molecule has 1 aliphatic heterocycles. The highest BCUT2D eigenvalue weighted by atomic mass is 79.9. The Morgan fingerprint density at radius 1 is 1.47 bits per heavy atom. The highest BCUT2D eigenvalue weighted by Crippen LogP contribution is 2.30. The summed E-state index contributed by atoms with van der Waals surface area (Å²) in [6.45, 7) is 5.28. The molecule has 1 saturated heterocycles. The normalized spacial score (nSPS) is 16.8. The van der Waals surface area contributed by atoms with Gasteiger partial charge in [-0.15, -0.1) is 0 Å². The van der Waals surface area contributed by atoms with E-state index >= 15 is 0 Å². The molecule has 2 heterocycles. The first-order valence-corrected chi connectivity index (χ1v) is 5.72. The van der Waals surface area contributed by atoms with Gasteiger partial charge in [-0.2, -0.15) is 0 Å². The molecular formula is C10H14BrN3O. The number of rotatable bonds is 1. The zero-order valence-electron chi connectivity index (χ0n) is 8.66. The molecule has 5 heteroatoms. The van der Waals surface area contributed by atoms with E-state index in [0.717, 1.165) is 47.8 Å². The summed E-state index contributed by atoms with van der Waals surface area (Å²) in [6.07, 6.45) is 1.71. The Hall–Kier alpha value is -0.810. The number of ether oxygens (including phenoxy) is 1. The van der Waals surface area contributed by atoms with Gasteiger partial charge in [0.25, 0.3) is 0 Å². The number of nitrogens with two attached hydrogens (primary N) is 1. The van der Waals surface area contributed by atoms with Gasteiger partial charge in [0, 0.05) is 13.1 Å². The Balaban J connectivity index is 2.31. The molecule has 1 fully saturated rings. The molecule has 0 radical (unpaired) electrons. The molecule has 0 aliphatic carbocycles. The molecule has 2 N–H and O–H groups in total. The van der Waals surface area contributed by atoms with Crippen LogP contribution in [0, 0.1) is 6.92 Å². The average molecular weight is 272 g/mol. The molecule has 0 spiro atoms. The third-order valence-corrected chi connectivity index (χ3v) is 3.54. The van der Waals surface area contributed by atoms with E-state index in [0.29, 0.717) is 0 Å². The SMILES string of the molecule is Cc1c(N)cnc(N2CCOCC2)c1Br. The van der Waals surface area contributed by atoms with E-state index < -0.39 is 0 Å². The van der Waals surface area contributed by atoms with Gasteiger partial charge in [-0.05, 0) is 28.4 Å². The molecular weight excluding hydrogens is 258 g/mol. The maximum atomic E-state index is 5.78. The first-order valence-electron chi connectivity index (χ1n) is 4.93. The topological polar surface area (TPSA) is 51.4 Å². The molecule has 2 rings (SSSR count). The van der Waals surface area contributed by atoms with Crippen molar-refractivity contribution in [1.82, 2.24) is 4.98 Å². The highest BCUT2D eigenvalue weighted by molar-refractivity contribution is 9.10. The van der Waals surface area contributed by atoms with Crippen LogP contribution in [0.4, 0.5) is 11.5 Å². The lowest BCUT2D eigenvalue weighted by molar-refractivity contribution is 0.122. The summed E-state index contributed by atoms with van der Waals surface area (Å²) < 4.78 is 6.30. The molecule has 82 valence electrons. The van der Waals surface area contributed by atoms with Crippen molar-refractivity contribution in [2.45, 2.75) is 6.92 Å². The van der Waals surface area contributed by atoms with Crippen LogP contribution < -0.4 is 10.6 Å². The van der Waals surface area contributed by atoms with Crippen molar-refractivity contribution >= 4 is 27.4 Å². The molecule has 0 aromatic carbocycles. The Labute approximate surface area is 97.6 Å². The average Bonchev–Trinajstić information content (AvgIpc) is 2.27. The van der Waals surface area contributed by atoms with Gasteiger partial charge in [0.15, 0.2) is 0 Å². The van der Waals surface area contributed by atoms with Gasteiger partial charge < -0.3 is 15.4 Å². The van der Waals surface area contributed by atoms with Gasteiger partial charge in [-0.3, -0.25) is 0 Å². The van der Waals surface area contributed by atoms with E-state index in [1.54, 1.807) is 6.20 Å². The summed E-state index contributed by atoms with van der Waals surface area (Å²) in [6, 6.07) is 0. The van der Waals surface area contributed by atoms with Crippen molar-refractivity contribution in [3.05, 3.63) is 16.2 Å². The van der Waals surface area contributed by atoms with Gasteiger partial charge in [0.1, 0.15) is 5.82 Å². The zero-order valence-corrected chi connectivity index (χ0v) is 10.2. The molecule has 0 atom stereocenters. The predicted molar refractivity (Wildman–Crippen MR) is 64.1 cm³/mol. The number of nitrogen functional groups attached to an aromatic ring is 1. The zero-order chi connectivity index (χ0) is 10.8. The second-order valence-corrected chi connectivity index (χ2v) is 4.37. The predicted octanol–water partition coefficient (Wildman–Crippen LogP) is 1.57. The number of aromatic nitrogens is 1. The number of halogens is 1. The largest absolute Gasteiger partial charge is 0.397 e. The van der Waals surface area contributed by atoms with Crippen LogP contribution in [0.1, 0.15) is 5.56 Å². The summed E-state index contributed by atoms with van der Waals surface area (Å²) in [4.78, 5) is 6.57. The van der Waals surface area contributed by atoms with Crippen LogP contribution in [0.2, 0.25) is 0 Å². The molecule has 15 heavy (non-hydrogen) atoms. The van der Waals surface area contributed by atoms with Crippen molar-refractivity contribution in [1.29, 1.82) is 0 Å². The van der Waals surface area contributed by atoms with Gasteiger partial charge in [0.2, 0.25) is 0 Å². The second-order valence-electron chi connectivity index (χ2n) is 3.58. The van der Waals surface area contributed by atoms with Crippen LogP contribution in [0.15, 0.2) is 10.7 Å². The smallest absolute Gasteiger partial charge is 0.143 e. The van der Waals surface area contributed by atoms with E-state index in [2.05, 4.69) is 25.8 Å². The Morgan fingerprint density at radius 2 is 2.13 bits per heavy atom. The quantitative estimate of drug-likeness (QED) is 0.843. The lowest BCUT2D eigenvalue weighted by Gasteiger charge is -2.29. The number of pyridine rings is 1. The third kappa shape index (κ3) is 2.08. The maximum Gasteiger partial charge on any atom is 0.143 e. The standard InChI is InChI=1S/C10H14BrN3O/c1-7-8(12)6-13-10(9(7)11)14-2-4-15-5-3-14/h6H,2-5,12H2,1H3. The van der Waals surface area contributed by atoms with Crippen LogP contribution in [0.5, 0.6) is 0 Å². The number of anilines is 2. The maximum absolute atomic E-state index is 5.78. The molecule has 0 amide bonds. The lowest BCUT2D eigenvalue weighted by Crippen LogP contribution is -2.37. The molecule has 1 aromatic heterocycles. The fourth-order valence-corrected chi connectivity index (χ4v) is 2.16. The van der Waals surface area contributed by atoms with Gasteiger partial charge >= 0.3 is 0 Å². The minimum Gasteiger partial charge on any atom is -0.397 e. The van der Waals surface area contributed by atoms with E-state index in [4.69, 9.17) is 10.5 Å². The van der Waals surface area contributed by atoms with Crippen molar-refractivity contribution in [3.8, 4) is 0 Å². The summed E-state index contributed by atoms with van der Waals surface area (Å²) in [5, 5.41) is 0. The first-order chi connectivity index (χ1) is 7.20. The van der Waals surface area contributed by atoms with E-state index in [1.165, 1.54) is 0 Å². The third-order valence-electron chi connectivity index (χ3n) is 2.60. The summed E-state index contributed by atoms with van der Waals surface area (Å²) in [5.41, 5.74) is 7.55. The molecule has 4 nitrogen and oxygen atoms in total. The van der Waals surface area contributed by atoms with Gasteiger partial charge in [0.05, 0.1) is 29.6 Å². The molecule has 0 bridgehead atoms. The lowest BCUT2D eigenvalue weighted by atomic mass is 10.2. The minimum atomic E-state index is 0.721. The fourth-order valence-electron chi connectivity index (χ4n) is 1.57. The molecule has 1 aliphatic rings. The summed E-state index contributed by atoms with van der Waals surface area (Å²) in [7, 11) is 0. The second kappa shape index (κ2) is 4.37. The van der Waals surface area contributed by atoms with Crippen LogP contribution in [0.25, 0.3) is 0 Å².